The number of amides is 1. The molecule has 7 nitrogen and oxygen atoms in total. The van der Waals surface area contributed by atoms with Crippen LogP contribution in [0.2, 0.25) is 0 Å². The van der Waals surface area contributed by atoms with Crippen LogP contribution in [-0.4, -0.2) is 31.7 Å². The fourth-order valence-corrected chi connectivity index (χ4v) is 4.37. The molecule has 0 spiro atoms. The average Bonchev–Trinajstić information content (AvgIpc) is 3.19. The van der Waals surface area contributed by atoms with Crippen molar-refractivity contribution in [1.29, 1.82) is 0 Å². The quantitative estimate of drug-likeness (QED) is 0.823. The van der Waals surface area contributed by atoms with Gasteiger partial charge in [-0.25, -0.2) is 8.42 Å². The first-order chi connectivity index (χ1) is 11.4. The molecule has 3 N–H and O–H groups in total. The van der Waals surface area contributed by atoms with Gasteiger partial charge in [0.2, 0.25) is 10.0 Å². The van der Waals surface area contributed by atoms with E-state index in [-0.39, 0.29) is 16.4 Å². The van der Waals surface area contributed by atoms with E-state index in [1.807, 2.05) is 0 Å². The fourth-order valence-electron chi connectivity index (χ4n) is 2.70. The van der Waals surface area contributed by atoms with E-state index >= 15 is 0 Å². The number of nitrogen functional groups attached to an aromatic ring is 1. The van der Waals surface area contributed by atoms with Gasteiger partial charge in [0.05, 0.1) is 11.4 Å². The number of hydrogen-bond donors (Lipinski definition) is 2. The number of furan rings is 1. The molecule has 1 aromatic heterocycles. The third-order valence-electron chi connectivity index (χ3n) is 3.99. The Morgan fingerprint density at radius 3 is 2.58 bits per heavy atom. The molecule has 3 rings (SSSR count). The SMILES string of the molecule is Cc1oc(C(=O)Nc2ccccc2N)cc1S(=O)(=O)N1CCCC1. The van der Waals surface area contributed by atoms with E-state index in [0.29, 0.717) is 24.5 Å². The van der Waals surface area contributed by atoms with E-state index in [9.17, 15) is 13.2 Å². The second-order valence-corrected chi connectivity index (χ2v) is 7.59. The third kappa shape index (κ3) is 3.02. The van der Waals surface area contributed by atoms with Gasteiger partial charge in [0.25, 0.3) is 5.91 Å². The third-order valence-corrected chi connectivity index (χ3v) is 5.99. The van der Waals surface area contributed by atoms with Gasteiger partial charge in [-0.2, -0.15) is 4.31 Å². The number of nitrogens with two attached hydrogens (primary N) is 1. The highest BCUT2D eigenvalue weighted by Crippen LogP contribution is 2.27. The molecule has 0 unspecified atom stereocenters. The van der Waals surface area contributed by atoms with Gasteiger partial charge in [0.1, 0.15) is 10.7 Å². The number of carbonyl (C=O) groups is 1. The van der Waals surface area contributed by atoms with Crippen LogP contribution in [0.4, 0.5) is 11.4 Å². The van der Waals surface area contributed by atoms with Crippen molar-refractivity contribution in [2.24, 2.45) is 0 Å². The molecular formula is C16H19N3O4S. The Kier molecular flexibility index (Phi) is 4.33. The normalized spacial score (nSPS) is 15.5. The Morgan fingerprint density at radius 2 is 1.92 bits per heavy atom. The lowest BCUT2D eigenvalue weighted by Gasteiger charge is -2.14. The van der Waals surface area contributed by atoms with Crippen molar-refractivity contribution in [2.75, 3.05) is 24.1 Å². The molecule has 2 heterocycles. The summed E-state index contributed by atoms with van der Waals surface area (Å²) in [5.41, 5.74) is 6.65. The number of hydrogen-bond acceptors (Lipinski definition) is 5. The largest absolute Gasteiger partial charge is 0.455 e. The highest BCUT2D eigenvalue weighted by atomic mass is 32.2. The van der Waals surface area contributed by atoms with E-state index in [1.54, 1.807) is 24.3 Å². The van der Waals surface area contributed by atoms with E-state index < -0.39 is 15.9 Å². The summed E-state index contributed by atoms with van der Waals surface area (Å²) in [6, 6.07) is 8.08. The van der Waals surface area contributed by atoms with Gasteiger partial charge in [0, 0.05) is 19.2 Å². The molecular weight excluding hydrogens is 330 g/mol. The molecule has 0 saturated carbocycles. The molecule has 1 fully saturated rings. The summed E-state index contributed by atoms with van der Waals surface area (Å²) in [6.07, 6.45) is 1.69. The zero-order valence-electron chi connectivity index (χ0n) is 13.3. The van der Waals surface area contributed by atoms with Gasteiger partial charge in [-0.1, -0.05) is 12.1 Å². The summed E-state index contributed by atoms with van der Waals surface area (Å²) in [5, 5.41) is 2.62. The Bertz CT molecular complexity index is 867. The molecule has 0 aliphatic carbocycles. The maximum Gasteiger partial charge on any atom is 0.291 e. The molecule has 8 heteroatoms. The lowest BCUT2D eigenvalue weighted by atomic mass is 10.2. The van der Waals surface area contributed by atoms with Crippen LogP contribution < -0.4 is 11.1 Å². The van der Waals surface area contributed by atoms with Gasteiger partial charge in [-0.3, -0.25) is 4.79 Å². The van der Waals surface area contributed by atoms with Crippen molar-refractivity contribution in [3.63, 3.8) is 0 Å². The van der Waals surface area contributed by atoms with Crippen LogP contribution in [0.3, 0.4) is 0 Å². The van der Waals surface area contributed by atoms with Crippen LogP contribution in [0, 0.1) is 6.92 Å². The number of carbonyl (C=O) groups excluding carboxylic acids is 1. The van der Waals surface area contributed by atoms with Gasteiger partial charge in [-0.15, -0.1) is 0 Å². The number of anilines is 2. The van der Waals surface area contributed by atoms with Crippen LogP contribution in [0.25, 0.3) is 0 Å². The summed E-state index contributed by atoms with van der Waals surface area (Å²) in [6.45, 7) is 2.53. The molecule has 1 saturated heterocycles. The lowest BCUT2D eigenvalue weighted by Crippen LogP contribution is -2.28. The molecule has 0 bridgehead atoms. The lowest BCUT2D eigenvalue weighted by molar-refractivity contribution is 0.0995. The maximum atomic E-state index is 12.6. The summed E-state index contributed by atoms with van der Waals surface area (Å²) in [4.78, 5) is 12.3. The first-order valence-corrected chi connectivity index (χ1v) is 9.10. The van der Waals surface area contributed by atoms with Crippen LogP contribution in [-0.2, 0) is 10.0 Å². The van der Waals surface area contributed by atoms with E-state index in [2.05, 4.69) is 5.32 Å². The average molecular weight is 349 g/mol. The Balaban J connectivity index is 1.86. The summed E-state index contributed by atoms with van der Waals surface area (Å²) in [7, 11) is -3.63. The molecule has 0 atom stereocenters. The molecule has 1 amide bonds. The van der Waals surface area contributed by atoms with Gasteiger partial charge in [-0.05, 0) is 31.9 Å². The van der Waals surface area contributed by atoms with Crippen LogP contribution in [0.5, 0.6) is 0 Å². The molecule has 1 aliphatic heterocycles. The first-order valence-electron chi connectivity index (χ1n) is 7.66. The van der Waals surface area contributed by atoms with Gasteiger partial charge < -0.3 is 15.5 Å². The number of para-hydroxylation sites is 2. The Hall–Kier alpha value is -2.32. The molecule has 1 aromatic carbocycles. The van der Waals surface area contributed by atoms with Crippen molar-refractivity contribution in [1.82, 2.24) is 4.31 Å². The second kappa shape index (κ2) is 6.29. The zero-order chi connectivity index (χ0) is 17.3. The number of aryl methyl sites for hydroxylation is 1. The minimum absolute atomic E-state index is 0.0376. The number of nitrogens with zero attached hydrogens (tertiary/aromatic N) is 1. The van der Waals surface area contributed by atoms with E-state index in [0.717, 1.165) is 12.8 Å². The summed E-state index contributed by atoms with van der Waals surface area (Å²) >= 11 is 0. The molecule has 128 valence electrons. The number of rotatable bonds is 4. The zero-order valence-corrected chi connectivity index (χ0v) is 14.1. The number of benzene rings is 1. The van der Waals surface area contributed by atoms with Crippen molar-refractivity contribution >= 4 is 27.3 Å². The molecule has 2 aromatic rings. The van der Waals surface area contributed by atoms with Crippen LogP contribution >= 0.6 is 0 Å². The molecule has 24 heavy (non-hydrogen) atoms. The van der Waals surface area contributed by atoms with E-state index in [1.165, 1.54) is 17.3 Å². The van der Waals surface area contributed by atoms with Crippen molar-refractivity contribution in [2.45, 2.75) is 24.7 Å². The first kappa shape index (κ1) is 16.5. The minimum Gasteiger partial charge on any atom is -0.455 e. The predicted octanol–water partition coefficient (Wildman–Crippen LogP) is 2.21. The van der Waals surface area contributed by atoms with Crippen molar-refractivity contribution in [3.05, 3.63) is 41.9 Å². The Labute approximate surface area is 140 Å². The summed E-state index contributed by atoms with van der Waals surface area (Å²) < 4.78 is 32.0. The fraction of sp³-hybridized carbons (Fsp3) is 0.312. The van der Waals surface area contributed by atoms with Crippen LogP contribution in [0.1, 0.15) is 29.2 Å². The van der Waals surface area contributed by atoms with Gasteiger partial charge in [0.15, 0.2) is 5.76 Å². The number of nitrogens with one attached hydrogen (secondary N) is 1. The predicted molar refractivity (Wildman–Crippen MR) is 90.2 cm³/mol. The standard InChI is InChI=1S/C16H19N3O4S/c1-11-15(24(21,22)19-8-4-5-9-19)10-14(23-11)16(20)18-13-7-3-2-6-12(13)17/h2-3,6-7,10H,4-5,8-9,17H2,1H3,(H,18,20). The molecule has 0 radical (unpaired) electrons. The second-order valence-electron chi connectivity index (χ2n) is 5.68. The highest BCUT2D eigenvalue weighted by molar-refractivity contribution is 7.89. The van der Waals surface area contributed by atoms with Crippen molar-refractivity contribution < 1.29 is 17.6 Å². The molecule has 1 aliphatic rings. The van der Waals surface area contributed by atoms with Crippen LogP contribution in [0.15, 0.2) is 39.6 Å². The maximum absolute atomic E-state index is 12.6. The van der Waals surface area contributed by atoms with Crippen molar-refractivity contribution in [3.8, 4) is 0 Å². The number of sulfonamides is 1. The monoisotopic (exact) mass is 349 g/mol. The smallest absolute Gasteiger partial charge is 0.291 e. The highest BCUT2D eigenvalue weighted by Gasteiger charge is 2.31. The van der Waals surface area contributed by atoms with E-state index in [4.69, 9.17) is 10.2 Å². The van der Waals surface area contributed by atoms with Gasteiger partial charge >= 0.3 is 0 Å². The Morgan fingerprint density at radius 1 is 1.25 bits per heavy atom. The topological polar surface area (TPSA) is 106 Å². The summed E-state index contributed by atoms with van der Waals surface area (Å²) in [5.74, 6) is -0.402. The minimum atomic E-state index is -3.63.